The minimum Gasteiger partial charge on any atom is -0.372 e. The lowest BCUT2D eigenvalue weighted by Gasteiger charge is -2.27. The van der Waals surface area contributed by atoms with Gasteiger partial charge in [-0.15, -0.1) is 0 Å². The molecule has 2 nitrogen and oxygen atoms in total. The van der Waals surface area contributed by atoms with Crippen LogP contribution in [0.5, 0.6) is 0 Å². The third-order valence-corrected chi connectivity index (χ3v) is 3.64. The molecule has 1 saturated carbocycles. The van der Waals surface area contributed by atoms with E-state index in [9.17, 15) is 0 Å². The Morgan fingerprint density at radius 2 is 1.94 bits per heavy atom. The molecule has 1 fully saturated rings. The van der Waals surface area contributed by atoms with Crippen LogP contribution in [0.2, 0.25) is 0 Å². The van der Waals surface area contributed by atoms with Gasteiger partial charge in [0.05, 0.1) is 0 Å². The Balaban J connectivity index is 2.02. The summed E-state index contributed by atoms with van der Waals surface area (Å²) in [7, 11) is 4.19. The fourth-order valence-corrected chi connectivity index (χ4v) is 2.18. The molecule has 0 spiro atoms. The molecule has 88 valence electrons. The topological polar surface area (TPSA) is 15.3 Å². The van der Waals surface area contributed by atoms with Gasteiger partial charge >= 0.3 is 0 Å². The minimum absolute atomic E-state index is 0.676. The molecule has 0 aromatic heterocycles. The summed E-state index contributed by atoms with van der Waals surface area (Å²) in [6.07, 6.45) is 2.81. The first-order valence-electron chi connectivity index (χ1n) is 6.18. The van der Waals surface area contributed by atoms with Crippen molar-refractivity contribution in [1.29, 1.82) is 0 Å². The van der Waals surface area contributed by atoms with Gasteiger partial charge in [-0.05, 0) is 50.4 Å². The molecule has 0 heterocycles. The Kier molecular flexibility index (Phi) is 3.49. The molecule has 1 aliphatic carbocycles. The Bertz CT molecular complexity index is 327. The van der Waals surface area contributed by atoms with Crippen LogP contribution in [0, 0.1) is 5.92 Å². The van der Waals surface area contributed by atoms with E-state index in [1.807, 2.05) is 7.05 Å². The van der Waals surface area contributed by atoms with Crippen molar-refractivity contribution in [2.24, 2.45) is 5.92 Å². The van der Waals surface area contributed by atoms with E-state index in [1.54, 1.807) is 0 Å². The maximum Gasteiger partial charge on any atom is 0.0366 e. The Morgan fingerprint density at radius 3 is 2.44 bits per heavy atom. The molecule has 1 unspecified atom stereocenters. The molecule has 0 bridgehead atoms. The highest BCUT2D eigenvalue weighted by molar-refractivity contribution is 5.48. The molecule has 1 aliphatic rings. The lowest BCUT2D eigenvalue weighted by molar-refractivity contribution is 0.609. The van der Waals surface area contributed by atoms with Crippen molar-refractivity contribution in [3.63, 3.8) is 0 Å². The molecule has 2 heteroatoms. The predicted octanol–water partition coefficient (Wildman–Crippen LogP) is 2.64. The summed E-state index contributed by atoms with van der Waals surface area (Å²) in [6, 6.07) is 9.55. The Morgan fingerprint density at radius 1 is 1.31 bits per heavy atom. The molecule has 0 radical (unpaired) electrons. The smallest absolute Gasteiger partial charge is 0.0366 e. The maximum absolute atomic E-state index is 3.17. The summed E-state index contributed by atoms with van der Waals surface area (Å²) in [5.41, 5.74) is 2.68. The van der Waals surface area contributed by atoms with Crippen molar-refractivity contribution in [2.75, 3.05) is 19.0 Å². The van der Waals surface area contributed by atoms with Crippen LogP contribution in [-0.4, -0.2) is 20.1 Å². The van der Waals surface area contributed by atoms with Gasteiger partial charge < -0.3 is 10.2 Å². The number of hydrogen-bond donors (Lipinski definition) is 1. The van der Waals surface area contributed by atoms with E-state index in [0.717, 1.165) is 12.5 Å². The van der Waals surface area contributed by atoms with Gasteiger partial charge in [0.2, 0.25) is 0 Å². The number of benzene rings is 1. The first-order valence-corrected chi connectivity index (χ1v) is 6.18. The van der Waals surface area contributed by atoms with Gasteiger partial charge in [-0.25, -0.2) is 0 Å². The zero-order valence-corrected chi connectivity index (χ0v) is 10.5. The van der Waals surface area contributed by atoms with Crippen LogP contribution in [0.25, 0.3) is 0 Å². The van der Waals surface area contributed by atoms with Crippen molar-refractivity contribution in [3.8, 4) is 0 Å². The minimum atomic E-state index is 0.676. The lowest BCUT2D eigenvalue weighted by atomic mass is 10.1. The van der Waals surface area contributed by atoms with Gasteiger partial charge in [-0.2, -0.15) is 0 Å². The second-order valence-corrected chi connectivity index (χ2v) is 4.89. The van der Waals surface area contributed by atoms with Crippen molar-refractivity contribution in [2.45, 2.75) is 32.4 Å². The third-order valence-electron chi connectivity index (χ3n) is 3.64. The van der Waals surface area contributed by atoms with Gasteiger partial charge in [0.1, 0.15) is 0 Å². The molecule has 0 aliphatic heterocycles. The average Bonchev–Trinajstić information content (AvgIpc) is 3.12. The second-order valence-electron chi connectivity index (χ2n) is 4.89. The molecular weight excluding hydrogens is 196 g/mol. The van der Waals surface area contributed by atoms with E-state index < -0.39 is 0 Å². The molecule has 1 aromatic rings. The van der Waals surface area contributed by atoms with E-state index >= 15 is 0 Å². The normalized spacial score (nSPS) is 17.2. The van der Waals surface area contributed by atoms with Crippen molar-refractivity contribution >= 4 is 5.69 Å². The van der Waals surface area contributed by atoms with E-state index in [0.29, 0.717) is 6.04 Å². The standard InChI is InChI=1S/C14H22N2/c1-11(13-6-7-13)16(3)14-8-4-12(5-9-14)10-15-2/h4-5,8-9,11,13,15H,6-7,10H2,1-3H3. The zero-order valence-electron chi connectivity index (χ0n) is 10.5. The lowest BCUT2D eigenvalue weighted by Crippen LogP contribution is -2.30. The van der Waals surface area contributed by atoms with Crippen LogP contribution in [-0.2, 0) is 6.54 Å². The highest BCUT2D eigenvalue weighted by Crippen LogP contribution is 2.36. The first kappa shape index (κ1) is 11.5. The zero-order chi connectivity index (χ0) is 11.5. The average molecular weight is 218 g/mol. The van der Waals surface area contributed by atoms with E-state index in [1.165, 1.54) is 24.1 Å². The van der Waals surface area contributed by atoms with E-state index in [-0.39, 0.29) is 0 Å². The fourth-order valence-electron chi connectivity index (χ4n) is 2.18. The Labute approximate surface area is 98.7 Å². The number of anilines is 1. The van der Waals surface area contributed by atoms with Crippen molar-refractivity contribution in [3.05, 3.63) is 29.8 Å². The van der Waals surface area contributed by atoms with Gasteiger partial charge in [0.15, 0.2) is 0 Å². The number of hydrogen-bond acceptors (Lipinski definition) is 2. The molecule has 1 aromatic carbocycles. The van der Waals surface area contributed by atoms with Crippen LogP contribution in [0.3, 0.4) is 0 Å². The SMILES string of the molecule is CNCc1ccc(N(C)C(C)C2CC2)cc1. The highest BCUT2D eigenvalue weighted by Gasteiger charge is 2.30. The third kappa shape index (κ3) is 2.56. The van der Waals surface area contributed by atoms with Crippen molar-refractivity contribution in [1.82, 2.24) is 5.32 Å². The van der Waals surface area contributed by atoms with Gasteiger partial charge in [0.25, 0.3) is 0 Å². The second kappa shape index (κ2) is 4.88. The van der Waals surface area contributed by atoms with Crippen LogP contribution >= 0.6 is 0 Å². The van der Waals surface area contributed by atoms with Crippen LogP contribution in [0.1, 0.15) is 25.3 Å². The predicted molar refractivity (Wildman–Crippen MR) is 69.8 cm³/mol. The van der Waals surface area contributed by atoms with E-state index in [2.05, 4.69) is 48.5 Å². The quantitative estimate of drug-likeness (QED) is 0.817. The molecule has 0 saturated heterocycles. The van der Waals surface area contributed by atoms with E-state index in [4.69, 9.17) is 0 Å². The monoisotopic (exact) mass is 218 g/mol. The largest absolute Gasteiger partial charge is 0.372 e. The molecular formula is C14H22N2. The van der Waals surface area contributed by atoms with Crippen LogP contribution < -0.4 is 10.2 Å². The summed E-state index contributed by atoms with van der Waals surface area (Å²) in [5.74, 6) is 0.919. The molecule has 2 rings (SSSR count). The molecule has 1 atom stereocenters. The van der Waals surface area contributed by atoms with Gasteiger partial charge in [-0.1, -0.05) is 12.1 Å². The van der Waals surface area contributed by atoms with Crippen LogP contribution in [0.15, 0.2) is 24.3 Å². The molecule has 1 N–H and O–H groups in total. The summed E-state index contributed by atoms with van der Waals surface area (Å²) >= 11 is 0. The van der Waals surface area contributed by atoms with Crippen molar-refractivity contribution < 1.29 is 0 Å². The molecule has 0 amide bonds. The summed E-state index contributed by atoms with van der Waals surface area (Å²) in [5, 5.41) is 3.17. The van der Waals surface area contributed by atoms with Gasteiger partial charge in [-0.3, -0.25) is 0 Å². The fraction of sp³-hybridized carbons (Fsp3) is 0.571. The summed E-state index contributed by atoms with van der Waals surface area (Å²) < 4.78 is 0. The highest BCUT2D eigenvalue weighted by atomic mass is 15.1. The summed E-state index contributed by atoms with van der Waals surface area (Å²) in [6.45, 7) is 3.28. The molecule has 16 heavy (non-hydrogen) atoms. The Hall–Kier alpha value is -1.02. The van der Waals surface area contributed by atoms with Gasteiger partial charge in [0, 0.05) is 25.3 Å². The maximum atomic E-state index is 3.17. The number of rotatable bonds is 5. The summed E-state index contributed by atoms with van der Waals surface area (Å²) in [4.78, 5) is 2.40. The first-order chi connectivity index (χ1) is 7.72. The number of nitrogens with one attached hydrogen (secondary N) is 1. The number of nitrogens with zero attached hydrogens (tertiary/aromatic N) is 1. The van der Waals surface area contributed by atoms with Crippen LogP contribution in [0.4, 0.5) is 5.69 Å².